The van der Waals surface area contributed by atoms with Gasteiger partial charge in [0.15, 0.2) is 0 Å². The van der Waals surface area contributed by atoms with Crippen molar-refractivity contribution in [3.8, 4) is 0 Å². The van der Waals surface area contributed by atoms with Crippen LogP contribution in [0.4, 0.5) is 0 Å². The van der Waals surface area contributed by atoms with Crippen LogP contribution in [-0.2, 0) is 4.79 Å². The third kappa shape index (κ3) is 1.40. The first-order valence-electron chi connectivity index (χ1n) is 3.81. The third-order valence-corrected chi connectivity index (χ3v) is 2.63. The van der Waals surface area contributed by atoms with Gasteiger partial charge in [-0.15, -0.1) is 0 Å². The summed E-state index contributed by atoms with van der Waals surface area (Å²) in [5.41, 5.74) is 6.66. The van der Waals surface area contributed by atoms with Gasteiger partial charge in [-0.05, 0) is 18.0 Å². The molecule has 0 saturated heterocycles. The molecular weight excluding hydrogens is 184 g/mol. The van der Waals surface area contributed by atoms with Gasteiger partial charge in [0.2, 0.25) is 0 Å². The minimum atomic E-state index is -0.403. The molecule has 0 aliphatic carbocycles. The number of amides is 1. The van der Waals surface area contributed by atoms with E-state index in [9.17, 15) is 4.79 Å². The lowest BCUT2D eigenvalue weighted by atomic mass is 10.1. The molecule has 0 aromatic heterocycles. The van der Waals surface area contributed by atoms with Gasteiger partial charge < -0.3 is 10.5 Å². The molecule has 0 spiro atoms. The lowest BCUT2D eigenvalue weighted by Crippen LogP contribution is -2.17. The number of rotatable bonds is 1. The van der Waals surface area contributed by atoms with E-state index >= 15 is 0 Å². The van der Waals surface area contributed by atoms with Crippen molar-refractivity contribution in [2.75, 3.05) is 0 Å². The van der Waals surface area contributed by atoms with Crippen LogP contribution in [0.1, 0.15) is 5.56 Å². The number of nitrogens with two attached hydrogens (primary N) is 1. The van der Waals surface area contributed by atoms with Crippen molar-refractivity contribution in [3.05, 3.63) is 36.0 Å². The van der Waals surface area contributed by atoms with Gasteiger partial charge in [-0.3, -0.25) is 4.79 Å². The molecule has 0 unspecified atom stereocenters. The molecule has 66 valence electrons. The smallest absolute Gasteiger partial charge is 0.250 e. The monoisotopic (exact) mass is 192 g/mol. The quantitative estimate of drug-likeness (QED) is 0.656. The molecule has 1 amide bonds. The van der Waals surface area contributed by atoms with E-state index in [-0.39, 0.29) is 0 Å². The highest BCUT2D eigenvalue weighted by molar-refractivity contribution is 7.97. The number of benzene rings is 1. The largest absolute Gasteiger partial charge is 0.366 e. The molecule has 1 aliphatic rings. The van der Waals surface area contributed by atoms with E-state index in [4.69, 9.17) is 5.73 Å². The van der Waals surface area contributed by atoms with Crippen molar-refractivity contribution in [3.63, 3.8) is 0 Å². The first-order valence-corrected chi connectivity index (χ1v) is 4.62. The average Bonchev–Trinajstić information content (AvgIpc) is 2.17. The zero-order valence-corrected chi connectivity index (χ0v) is 7.60. The number of carbonyl (C=O) groups excluding carboxylic acids is 1. The Morgan fingerprint density at radius 3 is 2.92 bits per heavy atom. The topological polar surface area (TPSA) is 55.1 Å². The van der Waals surface area contributed by atoms with Gasteiger partial charge in [0.1, 0.15) is 0 Å². The van der Waals surface area contributed by atoms with E-state index in [1.165, 1.54) is 11.9 Å². The maximum absolute atomic E-state index is 11.0. The summed E-state index contributed by atoms with van der Waals surface area (Å²) in [4.78, 5) is 12.0. The maximum Gasteiger partial charge on any atom is 0.250 e. The first kappa shape index (κ1) is 8.19. The van der Waals surface area contributed by atoms with Crippen molar-refractivity contribution in [1.82, 2.24) is 4.72 Å². The van der Waals surface area contributed by atoms with Crippen molar-refractivity contribution in [1.29, 1.82) is 0 Å². The van der Waals surface area contributed by atoms with Crippen LogP contribution in [0.3, 0.4) is 0 Å². The Kier molecular flexibility index (Phi) is 1.98. The van der Waals surface area contributed by atoms with Crippen LogP contribution in [0, 0.1) is 0 Å². The summed E-state index contributed by atoms with van der Waals surface area (Å²) >= 11 is 1.48. The summed E-state index contributed by atoms with van der Waals surface area (Å²) in [6.45, 7) is 0. The molecular formula is C9H8N2OS. The molecule has 0 saturated carbocycles. The van der Waals surface area contributed by atoms with Crippen LogP contribution in [0.5, 0.6) is 0 Å². The summed E-state index contributed by atoms with van der Waals surface area (Å²) in [5, 5.41) is 0. The van der Waals surface area contributed by atoms with Gasteiger partial charge in [-0.25, -0.2) is 0 Å². The number of fused-ring (bicyclic) bond motifs is 1. The summed E-state index contributed by atoms with van der Waals surface area (Å²) < 4.78 is 2.93. The minimum Gasteiger partial charge on any atom is -0.366 e. The second kappa shape index (κ2) is 3.14. The fourth-order valence-corrected chi connectivity index (χ4v) is 1.95. The Bertz CT molecular complexity index is 387. The Hall–Kier alpha value is -1.42. The minimum absolute atomic E-state index is 0.403. The lowest BCUT2D eigenvalue weighted by Gasteiger charge is -2.14. The van der Waals surface area contributed by atoms with Crippen LogP contribution in [-0.4, -0.2) is 5.91 Å². The molecule has 13 heavy (non-hydrogen) atoms. The van der Waals surface area contributed by atoms with E-state index in [1.807, 2.05) is 24.3 Å². The normalized spacial score (nSPS) is 14.0. The zero-order valence-electron chi connectivity index (χ0n) is 6.78. The molecule has 1 aromatic carbocycles. The summed E-state index contributed by atoms with van der Waals surface area (Å²) in [7, 11) is 0. The predicted octanol–water partition coefficient (Wildman–Crippen LogP) is 1.12. The molecule has 1 heterocycles. The van der Waals surface area contributed by atoms with Gasteiger partial charge in [0.25, 0.3) is 5.91 Å². The van der Waals surface area contributed by atoms with Gasteiger partial charge in [0, 0.05) is 16.7 Å². The maximum atomic E-state index is 11.0. The van der Waals surface area contributed by atoms with Gasteiger partial charge in [-0.2, -0.15) is 0 Å². The van der Waals surface area contributed by atoms with Crippen LogP contribution in [0.15, 0.2) is 35.4 Å². The van der Waals surface area contributed by atoms with Crippen LogP contribution in [0.2, 0.25) is 0 Å². The Balaban J connectivity index is 2.53. The number of hydrogen-bond acceptors (Lipinski definition) is 3. The van der Waals surface area contributed by atoms with Gasteiger partial charge in [-0.1, -0.05) is 18.2 Å². The molecule has 4 heteroatoms. The van der Waals surface area contributed by atoms with Crippen LogP contribution in [0.25, 0.3) is 5.57 Å². The van der Waals surface area contributed by atoms with Crippen LogP contribution >= 0.6 is 11.9 Å². The highest BCUT2D eigenvalue weighted by Gasteiger charge is 2.15. The second-order valence-electron chi connectivity index (χ2n) is 2.64. The van der Waals surface area contributed by atoms with Gasteiger partial charge >= 0.3 is 0 Å². The molecule has 1 aliphatic heterocycles. The number of primary amides is 1. The van der Waals surface area contributed by atoms with E-state index in [0.717, 1.165) is 10.5 Å². The fraction of sp³-hybridized carbons (Fsp3) is 0. The Morgan fingerprint density at radius 1 is 1.38 bits per heavy atom. The standard InChI is InChI=1S/C9H8N2OS/c10-9(12)7-5-11-13-8-4-2-1-3-6(7)8/h1-5,11H,(H2,10,12). The van der Waals surface area contributed by atoms with Crippen molar-refractivity contribution in [2.24, 2.45) is 5.73 Å². The van der Waals surface area contributed by atoms with E-state index in [0.29, 0.717) is 5.57 Å². The molecule has 0 atom stereocenters. The molecule has 1 aromatic rings. The predicted molar refractivity (Wildman–Crippen MR) is 52.6 cm³/mol. The van der Waals surface area contributed by atoms with Crippen molar-refractivity contribution >= 4 is 23.4 Å². The lowest BCUT2D eigenvalue weighted by molar-refractivity contribution is -0.112. The van der Waals surface area contributed by atoms with Crippen molar-refractivity contribution in [2.45, 2.75) is 4.90 Å². The highest BCUT2D eigenvalue weighted by Crippen LogP contribution is 2.29. The molecule has 0 radical (unpaired) electrons. The molecule has 3 N–H and O–H groups in total. The fourth-order valence-electron chi connectivity index (χ4n) is 1.21. The number of carbonyl (C=O) groups is 1. The summed E-state index contributed by atoms with van der Waals surface area (Å²) in [6, 6.07) is 7.65. The first-order chi connectivity index (χ1) is 6.29. The highest BCUT2D eigenvalue weighted by atomic mass is 32.2. The molecule has 0 bridgehead atoms. The van der Waals surface area contributed by atoms with E-state index in [1.54, 1.807) is 6.20 Å². The second-order valence-corrected chi connectivity index (χ2v) is 3.52. The zero-order chi connectivity index (χ0) is 9.26. The average molecular weight is 192 g/mol. The molecule has 2 rings (SSSR count). The van der Waals surface area contributed by atoms with Crippen LogP contribution < -0.4 is 10.5 Å². The summed E-state index contributed by atoms with van der Waals surface area (Å²) in [5.74, 6) is -0.403. The van der Waals surface area contributed by atoms with E-state index in [2.05, 4.69) is 4.72 Å². The number of nitrogens with one attached hydrogen (secondary N) is 1. The number of hydrogen-bond donors (Lipinski definition) is 2. The van der Waals surface area contributed by atoms with E-state index < -0.39 is 5.91 Å². The Labute approximate surface area is 80.1 Å². The van der Waals surface area contributed by atoms with Crippen molar-refractivity contribution < 1.29 is 4.79 Å². The SMILES string of the molecule is NC(=O)C1=CNSc2ccccc21. The van der Waals surface area contributed by atoms with Gasteiger partial charge in [0.05, 0.1) is 5.57 Å². The molecule has 3 nitrogen and oxygen atoms in total. The Morgan fingerprint density at radius 2 is 2.15 bits per heavy atom. The molecule has 0 fully saturated rings. The third-order valence-electron chi connectivity index (χ3n) is 1.81. The summed E-state index contributed by atoms with van der Waals surface area (Å²) in [6.07, 6.45) is 1.63.